The number of hydrogen-bond donors (Lipinski definition) is 2. The molecule has 9 nitrogen and oxygen atoms in total. The molecule has 2 amide bonds. The van der Waals surface area contributed by atoms with Crippen LogP contribution >= 0.6 is 0 Å². The molecule has 0 bridgehead atoms. The number of aromatic nitrogens is 3. The molecule has 1 unspecified atom stereocenters. The lowest BCUT2D eigenvalue weighted by Gasteiger charge is -2.53. The minimum Gasteiger partial charge on any atom is -0.465 e. The molecule has 10 heteroatoms. The first-order chi connectivity index (χ1) is 16.9. The van der Waals surface area contributed by atoms with E-state index in [1.807, 2.05) is 31.3 Å². The zero-order valence-corrected chi connectivity index (χ0v) is 25.0. The Morgan fingerprint density at radius 1 is 1.22 bits per heavy atom. The summed E-state index contributed by atoms with van der Waals surface area (Å²) in [6, 6.07) is 5.35. The van der Waals surface area contributed by atoms with E-state index in [0.717, 1.165) is 16.8 Å². The van der Waals surface area contributed by atoms with E-state index >= 15 is 0 Å². The molecule has 37 heavy (non-hydrogen) atoms. The molecule has 0 radical (unpaired) electrons. The molecule has 1 aliphatic rings. The average molecular weight is 531 g/mol. The molecule has 0 fully saturated rings. The van der Waals surface area contributed by atoms with Gasteiger partial charge in [0.25, 0.3) is 0 Å². The maximum atomic E-state index is 13.3. The third kappa shape index (κ3) is 5.37. The normalized spacial score (nSPS) is 22.4. The van der Waals surface area contributed by atoms with Crippen molar-refractivity contribution in [1.82, 2.24) is 24.8 Å². The first-order valence-electron chi connectivity index (χ1n) is 13.0. The second kappa shape index (κ2) is 9.96. The summed E-state index contributed by atoms with van der Waals surface area (Å²) in [6.07, 6.45) is 1.32. The van der Waals surface area contributed by atoms with Crippen LogP contribution in [0.25, 0.3) is 11.3 Å². The summed E-state index contributed by atoms with van der Waals surface area (Å²) in [5.41, 5.74) is 2.75. The monoisotopic (exact) mass is 530 g/mol. The number of carboxylic acid groups (broad SMARTS) is 1. The van der Waals surface area contributed by atoms with Crippen LogP contribution in [0.4, 0.5) is 10.5 Å². The third-order valence-electron chi connectivity index (χ3n) is 8.30. The van der Waals surface area contributed by atoms with Gasteiger partial charge in [-0.3, -0.25) is 0 Å². The second-order valence-electron chi connectivity index (χ2n) is 12.7. The molecular weight excluding hydrogens is 486 g/mol. The van der Waals surface area contributed by atoms with Crippen molar-refractivity contribution >= 4 is 26.0 Å². The number of amides is 2. The lowest BCUT2D eigenvalue weighted by molar-refractivity contribution is -0.136. The Morgan fingerprint density at radius 2 is 1.86 bits per heavy atom. The van der Waals surface area contributed by atoms with Gasteiger partial charge in [-0.1, -0.05) is 26.0 Å². The number of rotatable bonds is 6. The SMILES string of the molecule is CC(=O)[N+]1(C(C)(C)C)c2ccc(-c3cn(CCO[Si](C)(C)C(C)(C)C)nn3)cc2[C@H](NC(=O)O)C[C@@H]1C. The average Bonchev–Trinajstić information content (AvgIpc) is 3.20. The van der Waals surface area contributed by atoms with Gasteiger partial charge in [0.05, 0.1) is 32.3 Å². The number of hydrogen-bond acceptors (Lipinski definition) is 5. The van der Waals surface area contributed by atoms with Crippen molar-refractivity contribution in [2.24, 2.45) is 0 Å². The van der Waals surface area contributed by atoms with Gasteiger partial charge in [-0.2, -0.15) is 0 Å². The maximum absolute atomic E-state index is 13.3. The number of nitrogens with zero attached hydrogens (tertiary/aromatic N) is 4. The van der Waals surface area contributed by atoms with E-state index in [1.165, 1.54) is 0 Å². The number of quaternary nitrogens is 1. The molecule has 3 rings (SSSR count). The highest BCUT2D eigenvalue weighted by atomic mass is 28.4. The minimum absolute atomic E-state index is 0.0375. The summed E-state index contributed by atoms with van der Waals surface area (Å²) >= 11 is 0. The molecule has 0 aliphatic carbocycles. The topological polar surface area (TPSA) is 106 Å². The van der Waals surface area contributed by atoms with E-state index in [2.05, 4.69) is 70.3 Å². The Labute approximate surface area is 221 Å². The summed E-state index contributed by atoms with van der Waals surface area (Å²) in [5.74, 6) is 0.0375. The highest BCUT2D eigenvalue weighted by Gasteiger charge is 2.56. The summed E-state index contributed by atoms with van der Waals surface area (Å²) in [6.45, 7) is 22.1. The van der Waals surface area contributed by atoms with Crippen molar-refractivity contribution in [1.29, 1.82) is 0 Å². The number of carbonyl (C=O) groups excluding carboxylic acids is 1. The van der Waals surface area contributed by atoms with Crippen LogP contribution < -0.4 is 9.80 Å². The van der Waals surface area contributed by atoms with Crippen molar-refractivity contribution < 1.29 is 19.1 Å². The first-order valence-corrected chi connectivity index (χ1v) is 15.9. The molecular formula is C27H44N5O4Si+. The van der Waals surface area contributed by atoms with Crippen LogP contribution in [-0.4, -0.2) is 58.6 Å². The highest BCUT2D eigenvalue weighted by Crippen LogP contribution is 2.48. The smallest absolute Gasteiger partial charge is 0.405 e. The van der Waals surface area contributed by atoms with Crippen LogP contribution in [0.3, 0.4) is 0 Å². The molecule has 0 spiro atoms. The van der Waals surface area contributed by atoms with Gasteiger partial charge in [0.2, 0.25) is 0 Å². The van der Waals surface area contributed by atoms with Gasteiger partial charge >= 0.3 is 12.0 Å². The van der Waals surface area contributed by atoms with E-state index in [9.17, 15) is 14.7 Å². The van der Waals surface area contributed by atoms with E-state index in [4.69, 9.17) is 4.43 Å². The Balaban J connectivity index is 1.97. The fraction of sp³-hybridized carbons (Fsp3) is 0.630. The molecule has 1 aromatic carbocycles. The van der Waals surface area contributed by atoms with Gasteiger partial charge in [0, 0.05) is 23.6 Å². The Bertz CT molecular complexity index is 1160. The van der Waals surface area contributed by atoms with Crippen LogP contribution in [-0.2, 0) is 15.8 Å². The zero-order chi connectivity index (χ0) is 28.0. The van der Waals surface area contributed by atoms with E-state index < -0.39 is 26.0 Å². The van der Waals surface area contributed by atoms with E-state index in [-0.39, 0.29) is 21.5 Å². The van der Waals surface area contributed by atoms with Gasteiger partial charge < -0.3 is 14.8 Å². The standard InChI is InChI=1S/C27H43N5O4Si/c1-18-15-22(28-25(34)35)21-16-20(11-12-24(21)32(18,19(2)33)26(3,4)5)23-17-31(30-29-23)13-14-36-37(9,10)27(6,7)8/h11-12,16-18,22,28H,13-15H2,1-10H3/p+1/t18-,22+,32?/m0/s1. The molecule has 204 valence electrons. The van der Waals surface area contributed by atoms with Crippen molar-refractivity contribution in [3.63, 3.8) is 0 Å². The zero-order valence-electron chi connectivity index (χ0n) is 24.0. The fourth-order valence-corrected chi connectivity index (χ4v) is 6.62. The van der Waals surface area contributed by atoms with Crippen LogP contribution in [0.15, 0.2) is 24.4 Å². The van der Waals surface area contributed by atoms with E-state index in [0.29, 0.717) is 25.3 Å². The molecule has 2 N–H and O–H groups in total. The maximum Gasteiger partial charge on any atom is 0.405 e. The third-order valence-corrected chi connectivity index (χ3v) is 12.8. The summed E-state index contributed by atoms with van der Waals surface area (Å²) < 4.78 is 8.21. The largest absolute Gasteiger partial charge is 0.465 e. The molecule has 2 aromatic rings. The van der Waals surface area contributed by atoms with Crippen LogP contribution in [0, 0.1) is 0 Å². The molecule has 0 saturated carbocycles. The Kier molecular flexibility index (Phi) is 7.81. The van der Waals surface area contributed by atoms with Gasteiger partial charge in [-0.05, 0) is 58.0 Å². The lowest BCUT2D eigenvalue weighted by Crippen LogP contribution is -2.71. The van der Waals surface area contributed by atoms with Crippen LogP contribution in [0.2, 0.25) is 18.1 Å². The number of benzene rings is 1. The van der Waals surface area contributed by atoms with Gasteiger partial charge in [0.1, 0.15) is 23.0 Å². The minimum atomic E-state index is -1.84. The summed E-state index contributed by atoms with van der Waals surface area (Å²) in [5, 5.41) is 21.0. The van der Waals surface area contributed by atoms with E-state index in [1.54, 1.807) is 11.6 Å². The van der Waals surface area contributed by atoms with Gasteiger partial charge in [-0.15, -0.1) is 5.10 Å². The Hall–Kier alpha value is -2.56. The van der Waals surface area contributed by atoms with Crippen molar-refractivity contribution in [3.05, 3.63) is 30.0 Å². The van der Waals surface area contributed by atoms with Crippen LogP contribution in [0.1, 0.15) is 73.4 Å². The van der Waals surface area contributed by atoms with Crippen molar-refractivity contribution in [2.75, 3.05) is 6.61 Å². The summed E-state index contributed by atoms with van der Waals surface area (Å²) in [7, 11) is -1.84. The van der Waals surface area contributed by atoms with Gasteiger partial charge in [-0.25, -0.2) is 18.8 Å². The first kappa shape index (κ1) is 29.0. The highest BCUT2D eigenvalue weighted by molar-refractivity contribution is 6.74. The fourth-order valence-electron chi connectivity index (χ4n) is 5.59. The van der Waals surface area contributed by atoms with Crippen molar-refractivity contribution in [2.45, 2.75) is 104 Å². The lowest BCUT2D eigenvalue weighted by atomic mass is 9.82. The molecule has 1 aromatic heterocycles. The predicted molar refractivity (Wildman–Crippen MR) is 149 cm³/mol. The number of carbonyl (C=O) groups is 2. The molecule has 2 heterocycles. The van der Waals surface area contributed by atoms with Gasteiger partial charge in [0.15, 0.2) is 8.32 Å². The number of fused-ring (bicyclic) bond motifs is 1. The summed E-state index contributed by atoms with van der Waals surface area (Å²) in [4.78, 5) is 24.9. The quantitative estimate of drug-likeness (QED) is 0.365. The van der Waals surface area contributed by atoms with Crippen molar-refractivity contribution in [3.8, 4) is 11.3 Å². The molecule has 0 saturated heterocycles. The number of nitrogens with one attached hydrogen (secondary N) is 1. The predicted octanol–water partition coefficient (Wildman–Crippen LogP) is 5.72. The molecule has 1 aliphatic heterocycles. The van der Waals surface area contributed by atoms with Crippen LogP contribution in [0.5, 0.6) is 0 Å². The second-order valence-corrected chi connectivity index (χ2v) is 17.6. The Morgan fingerprint density at radius 3 is 2.41 bits per heavy atom. The molecule has 3 atom stereocenters.